The van der Waals surface area contributed by atoms with Crippen molar-refractivity contribution in [2.45, 2.75) is 6.92 Å². The fourth-order valence-corrected chi connectivity index (χ4v) is 2.18. The van der Waals surface area contributed by atoms with Crippen molar-refractivity contribution in [3.8, 4) is 11.5 Å². The summed E-state index contributed by atoms with van der Waals surface area (Å²) in [7, 11) is 3.03. The van der Waals surface area contributed by atoms with Gasteiger partial charge in [0, 0.05) is 17.7 Å². The smallest absolute Gasteiger partial charge is 0.301 e. The van der Waals surface area contributed by atoms with E-state index in [0.29, 0.717) is 22.8 Å². The summed E-state index contributed by atoms with van der Waals surface area (Å²) >= 11 is 0. The highest BCUT2D eigenvalue weighted by molar-refractivity contribution is 6.01. The second-order valence-electron chi connectivity index (χ2n) is 5.09. The number of methoxy groups -OCH3 is 2. The number of nitrogens with one attached hydrogen (secondary N) is 1. The quantitative estimate of drug-likeness (QED) is 0.455. The normalized spacial score (nSPS) is 11.0. The van der Waals surface area contributed by atoms with Crippen LogP contribution in [-0.4, -0.2) is 29.8 Å². The predicted octanol–water partition coefficient (Wildman–Crippen LogP) is 3.36. The fourth-order valence-electron chi connectivity index (χ4n) is 2.18. The van der Waals surface area contributed by atoms with Crippen molar-refractivity contribution in [2.75, 3.05) is 19.6 Å². The van der Waals surface area contributed by atoms with Crippen molar-refractivity contribution in [1.29, 1.82) is 0 Å². The molecule has 10 nitrogen and oxygen atoms in total. The number of benzene rings is 2. The summed E-state index contributed by atoms with van der Waals surface area (Å²) in [4.78, 5) is 20.5. The number of rotatable bonds is 7. The topological polar surface area (TPSA) is 129 Å². The van der Waals surface area contributed by atoms with E-state index < -0.39 is 15.5 Å². The lowest BCUT2D eigenvalue weighted by Gasteiger charge is -2.10. The fraction of sp³-hybridized carbons (Fsp3) is 0.188. The van der Waals surface area contributed by atoms with Gasteiger partial charge in [-0.2, -0.15) is 5.10 Å². The average Bonchev–Trinajstić information content (AvgIpc) is 2.65. The molecular weight excluding hydrogens is 344 g/mol. The first-order valence-corrected chi connectivity index (χ1v) is 7.33. The molecule has 2 rings (SSSR count). The van der Waals surface area contributed by atoms with E-state index in [-0.39, 0.29) is 11.4 Å². The number of non-ortho nitro benzene ring substituents is 1. The highest BCUT2D eigenvalue weighted by Gasteiger charge is 2.19. The molecule has 136 valence electrons. The Morgan fingerprint density at radius 2 is 1.77 bits per heavy atom. The SMILES string of the molecule is COc1ccc(/C(C)=N/Nc2ccc([N+](=O)[O-])cc2[N+](=O)[O-])c(OC)c1. The van der Waals surface area contributed by atoms with Crippen LogP contribution in [0.1, 0.15) is 12.5 Å². The maximum atomic E-state index is 11.1. The summed E-state index contributed by atoms with van der Waals surface area (Å²) in [6, 6.07) is 8.42. The highest BCUT2D eigenvalue weighted by Crippen LogP contribution is 2.29. The lowest BCUT2D eigenvalue weighted by molar-refractivity contribution is -0.393. The number of anilines is 1. The zero-order valence-electron chi connectivity index (χ0n) is 14.3. The van der Waals surface area contributed by atoms with Gasteiger partial charge in [-0.15, -0.1) is 0 Å². The maximum Gasteiger partial charge on any atom is 0.301 e. The summed E-state index contributed by atoms with van der Waals surface area (Å²) in [5.41, 5.74) is 2.94. The molecule has 0 heterocycles. The van der Waals surface area contributed by atoms with Gasteiger partial charge in [0.2, 0.25) is 0 Å². The zero-order valence-corrected chi connectivity index (χ0v) is 14.3. The molecule has 0 aliphatic heterocycles. The molecule has 0 atom stereocenters. The Morgan fingerprint density at radius 3 is 2.35 bits per heavy atom. The van der Waals surface area contributed by atoms with Gasteiger partial charge in [0.1, 0.15) is 17.2 Å². The standard InChI is InChI=1S/C16H16N4O6/c1-10(13-6-5-12(25-2)9-16(13)26-3)17-18-14-7-4-11(19(21)22)8-15(14)20(23)24/h4-9,18H,1-3H3/b17-10+. The minimum atomic E-state index is -0.714. The van der Waals surface area contributed by atoms with Crippen LogP contribution in [0.4, 0.5) is 17.1 Å². The molecule has 0 saturated heterocycles. The second kappa shape index (κ2) is 7.92. The number of hydrogen-bond donors (Lipinski definition) is 1. The number of hydrogen-bond acceptors (Lipinski definition) is 8. The molecule has 0 aliphatic rings. The summed E-state index contributed by atoms with van der Waals surface area (Å²) in [5, 5.41) is 26.0. The van der Waals surface area contributed by atoms with E-state index in [0.717, 1.165) is 12.1 Å². The average molecular weight is 360 g/mol. The lowest BCUT2D eigenvalue weighted by atomic mass is 10.1. The van der Waals surface area contributed by atoms with E-state index in [4.69, 9.17) is 9.47 Å². The number of nitrogens with zero attached hydrogens (tertiary/aromatic N) is 3. The van der Waals surface area contributed by atoms with E-state index in [1.165, 1.54) is 20.3 Å². The summed E-state index contributed by atoms with van der Waals surface area (Å²) in [5.74, 6) is 1.13. The van der Waals surface area contributed by atoms with Gasteiger partial charge < -0.3 is 9.47 Å². The predicted molar refractivity (Wildman–Crippen MR) is 95.1 cm³/mol. The lowest BCUT2D eigenvalue weighted by Crippen LogP contribution is -2.04. The van der Waals surface area contributed by atoms with Gasteiger partial charge in [-0.05, 0) is 25.1 Å². The van der Waals surface area contributed by atoms with Crippen LogP contribution in [0, 0.1) is 20.2 Å². The molecule has 0 aromatic heterocycles. The van der Waals surface area contributed by atoms with E-state index in [9.17, 15) is 20.2 Å². The Bertz CT molecular complexity index is 881. The van der Waals surface area contributed by atoms with Gasteiger partial charge in [-0.3, -0.25) is 25.7 Å². The third-order valence-corrected chi connectivity index (χ3v) is 3.53. The van der Waals surface area contributed by atoms with Gasteiger partial charge in [0.05, 0.1) is 35.8 Å². The number of ether oxygens (including phenoxy) is 2. The molecule has 0 radical (unpaired) electrons. The van der Waals surface area contributed by atoms with Crippen molar-refractivity contribution >= 4 is 22.8 Å². The van der Waals surface area contributed by atoms with Gasteiger partial charge in [0.15, 0.2) is 0 Å². The Kier molecular flexibility index (Phi) is 5.68. The molecule has 0 amide bonds. The number of nitro benzene ring substituents is 2. The molecular formula is C16H16N4O6. The van der Waals surface area contributed by atoms with Gasteiger partial charge in [0.25, 0.3) is 5.69 Å². The van der Waals surface area contributed by atoms with Crippen LogP contribution < -0.4 is 14.9 Å². The molecule has 0 unspecified atom stereocenters. The van der Waals surface area contributed by atoms with Crippen molar-refractivity contribution in [2.24, 2.45) is 5.10 Å². The molecule has 26 heavy (non-hydrogen) atoms. The summed E-state index contributed by atoms with van der Waals surface area (Å²) in [6.45, 7) is 1.69. The Hall–Kier alpha value is -3.69. The Labute approximate surface area is 148 Å². The van der Waals surface area contributed by atoms with Crippen LogP contribution in [-0.2, 0) is 0 Å². The molecule has 0 fully saturated rings. The van der Waals surface area contributed by atoms with Crippen LogP contribution in [0.15, 0.2) is 41.5 Å². The molecule has 1 N–H and O–H groups in total. The highest BCUT2D eigenvalue weighted by atomic mass is 16.6. The first kappa shape index (κ1) is 18.6. The van der Waals surface area contributed by atoms with Crippen molar-refractivity contribution in [3.05, 3.63) is 62.2 Å². The van der Waals surface area contributed by atoms with E-state index in [1.807, 2.05) is 0 Å². The van der Waals surface area contributed by atoms with Crippen LogP contribution in [0.5, 0.6) is 11.5 Å². The molecule has 0 bridgehead atoms. The van der Waals surface area contributed by atoms with E-state index in [1.54, 1.807) is 25.1 Å². The second-order valence-corrected chi connectivity index (χ2v) is 5.09. The first-order valence-electron chi connectivity index (χ1n) is 7.33. The van der Waals surface area contributed by atoms with E-state index in [2.05, 4.69) is 10.5 Å². The molecule has 0 aliphatic carbocycles. The largest absolute Gasteiger partial charge is 0.497 e. The van der Waals surface area contributed by atoms with Crippen LogP contribution in [0.2, 0.25) is 0 Å². The minimum absolute atomic E-state index is 0.0347. The molecule has 2 aromatic rings. The summed E-state index contributed by atoms with van der Waals surface area (Å²) in [6.07, 6.45) is 0. The van der Waals surface area contributed by atoms with Crippen LogP contribution >= 0.6 is 0 Å². The molecule has 2 aromatic carbocycles. The van der Waals surface area contributed by atoms with Crippen molar-refractivity contribution in [1.82, 2.24) is 0 Å². The third-order valence-electron chi connectivity index (χ3n) is 3.53. The molecule has 0 spiro atoms. The monoisotopic (exact) mass is 360 g/mol. The molecule has 0 saturated carbocycles. The third kappa shape index (κ3) is 4.04. The van der Waals surface area contributed by atoms with Gasteiger partial charge in [-0.25, -0.2) is 0 Å². The first-order chi connectivity index (χ1) is 12.4. The molecule has 10 heteroatoms. The Balaban J connectivity index is 2.34. The van der Waals surface area contributed by atoms with Crippen LogP contribution in [0.3, 0.4) is 0 Å². The Morgan fingerprint density at radius 1 is 1.04 bits per heavy atom. The number of nitro groups is 2. The number of hydrazone groups is 1. The van der Waals surface area contributed by atoms with E-state index >= 15 is 0 Å². The summed E-state index contributed by atoms with van der Waals surface area (Å²) < 4.78 is 10.4. The van der Waals surface area contributed by atoms with Gasteiger partial charge in [-0.1, -0.05) is 0 Å². The van der Waals surface area contributed by atoms with Crippen molar-refractivity contribution < 1.29 is 19.3 Å². The maximum absolute atomic E-state index is 11.1. The van der Waals surface area contributed by atoms with Crippen molar-refractivity contribution in [3.63, 3.8) is 0 Å². The minimum Gasteiger partial charge on any atom is -0.497 e. The van der Waals surface area contributed by atoms with Crippen LogP contribution in [0.25, 0.3) is 0 Å². The van der Waals surface area contributed by atoms with Gasteiger partial charge >= 0.3 is 5.69 Å². The zero-order chi connectivity index (χ0) is 19.3.